The van der Waals surface area contributed by atoms with Crippen molar-refractivity contribution in [3.8, 4) is 0 Å². The lowest BCUT2D eigenvalue weighted by atomic mass is 9.91. The zero-order valence-corrected chi connectivity index (χ0v) is 9.44. The van der Waals surface area contributed by atoms with Crippen molar-refractivity contribution >= 4 is 11.4 Å². The molecular weight excluding hydrogens is 186 g/mol. The van der Waals surface area contributed by atoms with Gasteiger partial charge in [-0.25, -0.2) is 0 Å². The van der Waals surface area contributed by atoms with E-state index in [-0.39, 0.29) is 5.78 Å². The van der Waals surface area contributed by atoms with Gasteiger partial charge in [-0.3, -0.25) is 4.79 Å². The highest BCUT2D eigenvalue weighted by Crippen LogP contribution is 2.31. The largest absolute Gasteiger partial charge is 0.355 e. The molecule has 0 spiro atoms. The number of aromatic amines is 1. The number of carbonyl (C=O) groups is 1. The lowest BCUT2D eigenvalue weighted by molar-refractivity contribution is 0.0968. The van der Waals surface area contributed by atoms with Crippen molar-refractivity contribution < 1.29 is 4.79 Å². The minimum atomic E-state index is 0.262. The minimum absolute atomic E-state index is 0.262. The molecule has 0 fully saturated rings. The number of Topliss-reactive ketones (excluding diaryl/α,β-unsaturated/α-hetero) is 1. The van der Waals surface area contributed by atoms with Crippen LogP contribution >= 0.6 is 0 Å². The standard InChI is InChI=1S/C13H17NO/c1-4-10-12(8(2)3)9-6-5-7-11(15)13(9)14-10/h14H,2,4-7H2,1,3H3. The second kappa shape index (κ2) is 3.69. The number of H-pyrrole nitrogens is 1. The number of aryl methyl sites for hydroxylation is 1. The summed E-state index contributed by atoms with van der Waals surface area (Å²) in [5, 5.41) is 0. The van der Waals surface area contributed by atoms with E-state index in [0.717, 1.165) is 30.5 Å². The van der Waals surface area contributed by atoms with Crippen molar-refractivity contribution in [3.05, 3.63) is 29.1 Å². The van der Waals surface area contributed by atoms with Crippen molar-refractivity contribution in [2.24, 2.45) is 0 Å². The predicted molar refractivity (Wildman–Crippen MR) is 62.1 cm³/mol. The number of nitrogens with one attached hydrogen (secondary N) is 1. The molecule has 0 radical (unpaired) electrons. The molecule has 1 aromatic heterocycles. The predicted octanol–water partition coefficient (Wildman–Crippen LogP) is 3.13. The number of hydrogen-bond acceptors (Lipinski definition) is 1. The van der Waals surface area contributed by atoms with E-state index in [4.69, 9.17) is 0 Å². The Morgan fingerprint density at radius 2 is 2.20 bits per heavy atom. The monoisotopic (exact) mass is 203 g/mol. The molecule has 0 saturated carbocycles. The summed E-state index contributed by atoms with van der Waals surface area (Å²) in [5.41, 5.74) is 5.49. The maximum Gasteiger partial charge on any atom is 0.179 e. The van der Waals surface area contributed by atoms with Crippen molar-refractivity contribution in [3.63, 3.8) is 0 Å². The van der Waals surface area contributed by atoms with Crippen molar-refractivity contribution in [1.82, 2.24) is 4.98 Å². The van der Waals surface area contributed by atoms with Gasteiger partial charge in [0.05, 0.1) is 5.69 Å². The third kappa shape index (κ3) is 1.54. The highest BCUT2D eigenvalue weighted by atomic mass is 16.1. The number of ketones is 1. The Bertz CT molecular complexity index is 426. The van der Waals surface area contributed by atoms with Crippen LogP contribution in [-0.2, 0) is 12.8 Å². The van der Waals surface area contributed by atoms with Crippen LogP contribution in [0.2, 0.25) is 0 Å². The van der Waals surface area contributed by atoms with Gasteiger partial charge in [-0.2, -0.15) is 0 Å². The summed E-state index contributed by atoms with van der Waals surface area (Å²) in [6, 6.07) is 0. The first kappa shape index (κ1) is 10.2. The van der Waals surface area contributed by atoms with Crippen molar-refractivity contribution in [1.29, 1.82) is 0 Å². The molecule has 0 saturated heterocycles. The summed E-state index contributed by atoms with van der Waals surface area (Å²) in [4.78, 5) is 15.0. The average molecular weight is 203 g/mol. The molecule has 0 aliphatic heterocycles. The Kier molecular flexibility index (Phi) is 2.51. The van der Waals surface area contributed by atoms with Gasteiger partial charge in [0.1, 0.15) is 0 Å². The maximum atomic E-state index is 11.7. The normalized spacial score (nSPS) is 15.2. The van der Waals surface area contributed by atoms with Gasteiger partial charge in [0.2, 0.25) is 0 Å². The Hall–Kier alpha value is -1.31. The van der Waals surface area contributed by atoms with Crippen LogP contribution in [0, 0.1) is 0 Å². The smallest absolute Gasteiger partial charge is 0.179 e. The van der Waals surface area contributed by atoms with E-state index in [1.165, 1.54) is 16.8 Å². The summed E-state index contributed by atoms with van der Waals surface area (Å²) >= 11 is 0. The van der Waals surface area contributed by atoms with Gasteiger partial charge in [0, 0.05) is 17.7 Å². The molecule has 15 heavy (non-hydrogen) atoms. The molecule has 2 heteroatoms. The third-order valence-corrected chi connectivity index (χ3v) is 3.07. The number of rotatable bonds is 2. The molecule has 80 valence electrons. The van der Waals surface area contributed by atoms with Gasteiger partial charge in [-0.15, -0.1) is 0 Å². The number of carbonyl (C=O) groups excluding carboxylic acids is 1. The zero-order chi connectivity index (χ0) is 11.0. The average Bonchev–Trinajstić information content (AvgIpc) is 2.57. The zero-order valence-electron chi connectivity index (χ0n) is 9.44. The topological polar surface area (TPSA) is 32.9 Å². The second-order valence-corrected chi connectivity index (χ2v) is 4.24. The second-order valence-electron chi connectivity index (χ2n) is 4.24. The number of fused-ring (bicyclic) bond motifs is 1. The Labute approximate surface area is 90.4 Å². The molecule has 1 N–H and O–H groups in total. The highest BCUT2D eigenvalue weighted by Gasteiger charge is 2.24. The van der Waals surface area contributed by atoms with Gasteiger partial charge in [0.15, 0.2) is 5.78 Å². The molecule has 1 aromatic rings. The molecule has 0 amide bonds. The van der Waals surface area contributed by atoms with Crippen LogP contribution in [0.4, 0.5) is 0 Å². The Balaban J connectivity index is 2.62. The fourth-order valence-electron chi connectivity index (χ4n) is 2.42. The number of allylic oxidation sites excluding steroid dienone is 1. The first-order valence-corrected chi connectivity index (χ1v) is 5.58. The number of hydrogen-bond donors (Lipinski definition) is 1. The van der Waals surface area contributed by atoms with E-state index in [1.54, 1.807) is 0 Å². The number of aromatic nitrogens is 1. The van der Waals surface area contributed by atoms with E-state index >= 15 is 0 Å². The molecule has 2 nitrogen and oxygen atoms in total. The quantitative estimate of drug-likeness (QED) is 0.787. The van der Waals surface area contributed by atoms with E-state index < -0.39 is 0 Å². The van der Waals surface area contributed by atoms with Crippen LogP contribution in [0.1, 0.15) is 54.0 Å². The molecule has 1 aliphatic carbocycles. The van der Waals surface area contributed by atoms with Gasteiger partial charge in [-0.05, 0) is 37.3 Å². The van der Waals surface area contributed by atoms with Crippen molar-refractivity contribution in [2.45, 2.75) is 39.5 Å². The Morgan fingerprint density at radius 1 is 1.47 bits per heavy atom. The first-order valence-electron chi connectivity index (χ1n) is 5.58. The molecule has 1 aliphatic rings. The lowest BCUT2D eigenvalue weighted by Gasteiger charge is -2.11. The van der Waals surface area contributed by atoms with Gasteiger partial charge in [0.25, 0.3) is 0 Å². The summed E-state index contributed by atoms with van der Waals surface area (Å²) in [7, 11) is 0. The Morgan fingerprint density at radius 3 is 2.80 bits per heavy atom. The van der Waals surface area contributed by atoms with Crippen LogP contribution in [0.25, 0.3) is 5.57 Å². The van der Waals surface area contributed by atoms with E-state index in [9.17, 15) is 4.79 Å². The fraction of sp³-hybridized carbons (Fsp3) is 0.462. The van der Waals surface area contributed by atoms with Crippen LogP contribution in [0.5, 0.6) is 0 Å². The lowest BCUT2D eigenvalue weighted by Crippen LogP contribution is -2.10. The fourth-order valence-corrected chi connectivity index (χ4v) is 2.42. The van der Waals surface area contributed by atoms with Gasteiger partial charge < -0.3 is 4.98 Å². The minimum Gasteiger partial charge on any atom is -0.355 e. The third-order valence-electron chi connectivity index (χ3n) is 3.07. The summed E-state index contributed by atoms with van der Waals surface area (Å²) < 4.78 is 0. The van der Waals surface area contributed by atoms with Crippen LogP contribution in [0.15, 0.2) is 6.58 Å². The molecule has 0 atom stereocenters. The highest BCUT2D eigenvalue weighted by molar-refractivity contribution is 5.98. The van der Waals surface area contributed by atoms with E-state index in [2.05, 4.69) is 18.5 Å². The van der Waals surface area contributed by atoms with Crippen LogP contribution < -0.4 is 0 Å². The van der Waals surface area contributed by atoms with Gasteiger partial charge in [-0.1, -0.05) is 13.5 Å². The van der Waals surface area contributed by atoms with Gasteiger partial charge >= 0.3 is 0 Å². The molecule has 0 unspecified atom stereocenters. The SMILES string of the molecule is C=C(C)c1c(CC)[nH]c2c1CCCC2=O. The van der Waals surface area contributed by atoms with E-state index in [1.807, 2.05) is 6.92 Å². The molecule has 0 bridgehead atoms. The van der Waals surface area contributed by atoms with Crippen LogP contribution in [-0.4, -0.2) is 10.8 Å². The molecular formula is C13H17NO. The summed E-state index contributed by atoms with van der Waals surface area (Å²) in [6.45, 7) is 8.13. The molecule has 1 heterocycles. The first-order chi connectivity index (χ1) is 7.15. The van der Waals surface area contributed by atoms with Crippen LogP contribution in [0.3, 0.4) is 0 Å². The summed E-state index contributed by atoms with van der Waals surface area (Å²) in [6.07, 6.45) is 3.61. The molecule has 2 rings (SSSR count). The summed E-state index contributed by atoms with van der Waals surface area (Å²) in [5.74, 6) is 0.262. The van der Waals surface area contributed by atoms with Crippen molar-refractivity contribution in [2.75, 3.05) is 0 Å². The van der Waals surface area contributed by atoms with E-state index in [0.29, 0.717) is 6.42 Å². The maximum absolute atomic E-state index is 11.7. The molecule has 0 aromatic carbocycles.